The molecule has 0 atom stereocenters. The fraction of sp³-hybridized carbons (Fsp3) is 0.500. The Kier molecular flexibility index (Phi) is 6.10. The minimum atomic E-state index is -3.39. The van der Waals surface area contributed by atoms with E-state index in [4.69, 9.17) is 9.84 Å². The molecule has 0 saturated heterocycles. The van der Waals surface area contributed by atoms with Gasteiger partial charge < -0.3 is 20.4 Å². The number of aliphatic hydroxyl groups is 1. The van der Waals surface area contributed by atoms with Crippen LogP contribution in [0.4, 0.5) is 14.5 Å². The van der Waals surface area contributed by atoms with Crippen LogP contribution in [0.2, 0.25) is 0 Å². The number of rotatable bonds is 7. The first-order valence-corrected chi connectivity index (χ1v) is 12.3. The molecule has 0 spiro atoms. The summed E-state index contributed by atoms with van der Waals surface area (Å²) in [5.41, 5.74) is -0.853. The van der Waals surface area contributed by atoms with Crippen molar-refractivity contribution in [2.45, 2.75) is 69.9 Å². The van der Waals surface area contributed by atoms with E-state index in [-0.39, 0.29) is 10.8 Å². The van der Waals surface area contributed by atoms with Crippen molar-refractivity contribution < 1.29 is 28.1 Å². The second-order valence-corrected chi connectivity index (χ2v) is 10.4. The summed E-state index contributed by atoms with van der Waals surface area (Å²) in [6.45, 7) is 2.96. The van der Waals surface area contributed by atoms with Gasteiger partial charge in [-0.1, -0.05) is 0 Å². The molecule has 36 heavy (non-hydrogen) atoms. The normalized spacial score (nSPS) is 22.5. The van der Waals surface area contributed by atoms with Crippen LogP contribution in [0.1, 0.15) is 74.6 Å². The second-order valence-electron chi connectivity index (χ2n) is 10.4. The largest absolute Gasteiger partial charge is 0.618 e. The maximum Gasteiger partial charge on any atom is 0.328 e. The van der Waals surface area contributed by atoms with E-state index in [0.29, 0.717) is 49.2 Å². The summed E-state index contributed by atoms with van der Waals surface area (Å²) in [5, 5.41) is 30.9. The number of nitrogens with one attached hydrogen (secondary N) is 1. The molecule has 8 nitrogen and oxygen atoms in total. The fourth-order valence-corrected chi connectivity index (χ4v) is 4.63. The molecule has 10 heteroatoms. The highest BCUT2D eigenvalue weighted by Gasteiger charge is 2.36. The SMILES string of the molecule is CC1(O)CCC(n2cc3cc(NC(=O)c4cccc(C(C)(F)F)[n+]4[O-])c(OCC4CC4)cc3n2)CC1. The standard InChI is InChI=1S/C26H30F2N4O4/c1-25(34)10-8-18(9-11-25)31-14-17-12-20(22(13-19(17)30-31)36-15-16-6-7-16)29-24(33)21-4-3-5-23(32(21)35)26(2,27)28/h3-5,12-14,16,18,34H,6-11,15H2,1-2H3,(H,29,33). The molecule has 0 bridgehead atoms. The van der Waals surface area contributed by atoms with Crippen molar-refractivity contribution in [3.8, 4) is 5.75 Å². The van der Waals surface area contributed by atoms with Crippen molar-refractivity contribution >= 4 is 22.5 Å². The third kappa shape index (κ3) is 5.13. The highest BCUT2D eigenvalue weighted by Crippen LogP contribution is 2.37. The van der Waals surface area contributed by atoms with Crippen LogP contribution in [-0.4, -0.2) is 33.0 Å². The molecule has 2 aliphatic rings. The summed E-state index contributed by atoms with van der Waals surface area (Å²) in [4.78, 5) is 13.0. The van der Waals surface area contributed by atoms with Crippen molar-refractivity contribution in [2.24, 2.45) is 5.92 Å². The Morgan fingerprint density at radius 3 is 2.69 bits per heavy atom. The van der Waals surface area contributed by atoms with Gasteiger partial charge in [0.05, 0.1) is 29.5 Å². The molecule has 3 aromatic rings. The van der Waals surface area contributed by atoms with Crippen LogP contribution in [-0.2, 0) is 5.92 Å². The van der Waals surface area contributed by atoms with E-state index >= 15 is 0 Å². The average Bonchev–Trinajstić information content (AvgIpc) is 3.54. The first-order chi connectivity index (χ1) is 17.0. The number of hydrogen-bond donors (Lipinski definition) is 2. The number of ether oxygens (including phenoxy) is 1. The lowest BCUT2D eigenvalue weighted by atomic mass is 9.84. The number of pyridine rings is 1. The van der Waals surface area contributed by atoms with E-state index in [0.717, 1.165) is 37.1 Å². The first kappa shape index (κ1) is 24.4. The van der Waals surface area contributed by atoms with Crippen molar-refractivity contribution in [1.29, 1.82) is 0 Å². The molecule has 0 aliphatic heterocycles. The Hall–Kier alpha value is -3.27. The summed E-state index contributed by atoms with van der Waals surface area (Å²) in [5.74, 6) is -3.33. The number of hydrogen-bond acceptors (Lipinski definition) is 5. The van der Waals surface area contributed by atoms with Gasteiger partial charge in [0.15, 0.2) is 0 Å². The van der Waals surface area contributed by atoms with Gasteiger partial charge in [0, 0.05) is 36.7 Å². The minimum Gasteiger partial charge on any atom is -0.618 e. The summed E-state index contributed by atoms with van der Waals surface area (Å²) in [7, 11) is 0. The molecule has 2 heterocycles. The maximum absolute atomic E-state index is 13.8. The number of fused-ring (bicyclic) bond motifs is 1. The lowest BCUT2D eigenvalue weighted by Gasteiger charge is -2.33. The van der Waals surface area contributed by atoms with E-state index in [2.05, 4.69) is 5.32 Å². The molecule has 0 unspecified atom stereocenters. The van der Waals surface area contributed by atoms with Gasteiger partial charge in [0.2, 0.25) is 0 Å². The zero-order valence-corrected chi connectivity index (χ0v) is 20.3. The van der Waals surface area contributed by atoms with E-state index in [1.165, 1.54) is 12.1 Å². The zero-order chi connectivity index (χ0) is 25.7. The average molecular weight is 501 g/mol. The number of benzene rings is 1. The molecule has 5 rings (SSSR count). The molecule has 192 valence electrons. The highest BCUT2D eigenvalue weighted by molar-refractivity contribution is 6.04. The number of carbonyl (C=O) groups excluding carboxylic acids is 1. The molecule has 1 amide bonds. The van der Waals surface area contributed by atoms with E-state index in [1.54, 1.807) is 12.1 Å². The Morgan fingerprint density at radius 1 is 1.31 bits per heavy atom. The lowest BCUT2D eigenvalue weighted by molar-refractivity contribution is -0.626. The molecule has 2 aromatic heterocycles. The van der Waals surface area contributed by atoms with Crippen LogP contribution in [0.5, 0.6) is 5.75 Å². The Balaban J connectivity index is 1.45. The van der Waals surface area contributed by atoms with E-state index < -0.39 is 28.8 Å². The minimum absolute atomic E-state index is 0.0331. The molecule has 0 radical (unpaired) electrons. The number of aromatic nitrogens is 3. The van der Waals surface area contributed by atoms with Gasteiger partial charge in [-0.25, -0.2) is 0 Å². The molecular weight excluding hydrogens is 470 g/mol. The number of amides is 1. The van der Waals surface area contributed by atoms with Crippen molar-refractivity contribution in [1.82, 2.24) is 9.78 Å². The lowest BCUT2D eigenvalue weighted by Crippen LogP contribution is -2.43. The quantitative estimate of drug-likeness (QED) is 0.362. The van der Waals surface area contributed by atoms with Gasteiger partial charge in [-0.2, -0.15) is 18.6 Å². The second kappa shape index (κ2) is 8.99. The van der Waals surface area contributed by atoms with Crippen LogP contribution in [0.25, 0.3) is 10.9 Å². The fourth-order valence-electron chi connectivity index (χ4n) is 4.63. The molecule has 2 saturated carbocycles. The summed E-state index contributed by atoms with van der Waals surface area (Å²) < 4.78 is 35.5. The first-order valence-electron chi connectivity index (χ1n) is 12.3. The van der Waals surface area contributed by atoms with Crippen molar-refractivity contribution in [2.75, 3.05) is 11.9 Å². The Labute approximate surface area is 207 Å². The predicted molar refractivity (Wildman–Crippen MR) is 129 cm³/mol. The number of carbonyl (C=O) groups is 1. The third-order valence-corrected chi connectivity index (χ3v) is 7.08. The van der Waals surface area contributed by atoms with Gasteiger partial charge in [-0.05, 0) is 63.5 Å². The highest BCUT2D eigenvalue weighted by atomic mass is 19.3. The Morgan fingerprint density at radius 2 is 2.03 bits per heavy atom. The van der Waals surface area contributed by atoms with Crippen LogP contribution in [0.15, 0.2) is 36.5 Å². The van der Waals surface area contributed by atoms with Crippen LogP contribution in [0, 0.1) is 11.1 Å². The third-order valence-electron chi connectivity index (χ3n) is 7.08. The molecule has 2 aliphatic carbocycles. The van der Waals surface area contributed by atoms with Crippen molar-refractivity contribution in [3.05, 3.63) is 53.1 Å². The van der Waals surface area contributed by atoms with Crippen molar-refractivity contribution in [3.63, 3.8) is 0 Å². The smallest absolute Gasteiger partial charge is 0.328 e. The van der Waals surface area contributed by atoms with Crippen LogP contribution >= 0.6 is 0 Å². The zero-order valence-electron chi connectivity index (χ0n) is 20.3. The summed E-state index contributed by atoms with van der Waals surface area (Å²) in [6, 6.07) is 7.10. The molecule has 2 N–H and O–H groups in total. The molecular formula is C26H30F2N4O4. The summed E-state index contributed by atoms with van der Waals surface area (Å²) >= 11 is 0. The summed E-state index contributed by atoms with van der Waals surface area (Å²) in [6.07, 6.45) is 7.05. The number of alkyl halides is 2. The number of anilines is 1. The monoisotopic (exact) mass is 500 g/mol. The predicted octanol–water partition coefficient (Wildman–Crippen LogP) is 4.69. The van der Waals surface area contributed by atoms with Gasteiger partial charge >= 0.3 is 11.8 Å². The number of nitrogens with zero attached hydrogens (tertiary/aromatic N) is 3. The molecule has 2 fully saturated rings. The van der Waals surface area contributed by atoms with E-state index in [1.807, 2.05) is 17.8 Å². The Bertz CT molecular complexity index is 1290. The van der Waals surface area contributed by atoms with Gasteiger partial charge in [0.25, 0.3) is 11.4 Å². The molecule has 1 aromatic carbocycles. The van der Waals surface area contributed by atoms with Crippen LogP contribution in [0.3, 0.4) is 0 Å². The van der Waals surface area contributed by atoms with Gasteiger partial charge in [-0.15, -0.1) is 0 Å². The van der Waals surface area contributed by atoms with E-state index in [9.17, 15) is 23.9 Å². The van der Waals surface area contributed by atoms with Gasteiger partial charge in [-0.3, -0.25) is 9.48 Å². The van der Waals surface area contributed by atoms with Crippen LogP contribution < -0.4 is 14.8 Å². The number of halogens is 2. The van der Waals surface area contributed by atoms with Gasteiger partial charge in [0.1, 0.15) is 5.75 Å². The maximum atomic E-state index is 13.8. The topological polar surface area (TPSA) is 103 Å².